The first-order chi connectivity index (χ1) is 15.0. The van der Waals surface area contributed by atoms with Gasteiger partial charge in [0.05, 0.1) is 7.11 Å². The van der Waals surface area contributed by atoms with E-state index < -0.39 is 0 Å². The van der Waals surface area contributed by atoms with Gasteiger partial charge in [0.15, 0.2) is 0 Å². The molecule has 0 bridgehead atoms. The van der Waals surface area contributed by atoms with Crippen molar-refractivity contribution < 1.29 is 9.53 Å². The maximum Gasteiger partial charge on any atom is 0.225 e. The lowest BCUT2D eigenvalue weighted by molar-refractivity contribution is -0.136. The number of amides is 1. The average Bonchev–Trinajstić information content (AvgIpc) is 2.81. The number of hydrogen-bond donors (Lipinski definition) is 0. The second-order valence-electron chi connectivity index (χ2n) is 8.83. The fourth-order valence-corrected chi connectivity index (χ4v) is 4.92. The molecule has 2 fully saturated rings. The number of anilines is 1. The SMILES string of the molecule is COc1cccc(Cc2c(C)nc(C)nc2N2CCN(C(=O)C3CCCCC3)CC2)c1. The highest BCUT2D eigenvalue weighted by Gasteiger charge is 2.29. The Bertz CT molecular complexity index is 916. The lowest BCUT2D eigenvalue weighted by atomic mass is 9.88. The first-order valence-corrected chi connectivity index (χ1v) is 11.6. The lowest BCUT2D eigenvalue weighted by Crippen LogP contribution is -2.51. The topological polar surface area (TPSA) is 58.6 Å². The van der Waals surface area contributed by atoms with Crippen LogP contribution in [0.25, 0.3) is 0 Å². The Balaban J connectivity index is 1.49. The number of carbonyl (C=O) groups is 1. The zero-order valence-corrected chi connectivity index (χ0v) is 19.1. The Morgan fingerprint density at radius 2 is 1.81 bits per heavy atom. The summed E-state index contributed by atoms with van der Waals surface area (Å²) in [6.07, 6.45) is 6.56. The van der Waals surface area contributed by atoms with Crippen LogP contribution < -0.4 is 9.64 Å². The third-order valence-corrected chi connectivity index (χ3v) is 6.66. The van der Waals surface area contributed by atoms with Gasteiger partial charge in [-0.05, 0) is 44.4 Å². The number of aromatic nitrogens is 2. The van der Waals surface area contributed by atoms with Crippen molar-refractivity contribution in [1.29, 1.82) is 0 Å². The van der Waals surface area contributed by atoms with Gasteiger partial charge in [0.1, 0.15) is 17.4 Å². The van der Waals surface area contributed by atoms with Gasteiger partial charge in [-0.25, -0.2) is 9.97 Å². The van der Waals surface area contributed by atoms with Gasteiger partial charge < -0.3 is 14.5 Å². The van der Waals surface area contributed by atoms with Gasteiger partial charge in [-0.1, -0.05) is 31.4 Å². The van der Waals surface area contributed by atoms with Crippen LogP contribution in [0.4, 0.5) is 5.82 Å². The molecule has 6 nitrogen and oxygen atoms in total. The Morgan fingerprint density at radius 1 is 1.06 bits per heavy atom. The van der Waals surface area contributed by atoms with Crippen LogP contribution in [-0.4, -0.2) is 54.1 Å². The van der Waals surface area contributed by atoms with E-state index in [1.807, 2.05) is 19.1 Å². The second kappa shape index (κ2) is 9.67. The molecule has 0 radical (unpaired) electrons. The molecule has 1 saturated carbocycles. The van der Waals surface area contributed by atoms with Crippen molar-refractivity contribution in [3.8, 4) is 5.75 Å². The minimum atomic E-state index is 0.243. The van der Waals surface area contributed by atoms with Crippen LogP contribution >= 0.6 is 0 Å². The van der Waals surface area contributed by atoms with E-state index in [1.54, 1.807) is 7.11 Å². The van der Waals surface area contributed by atoms with E-state index in [0.29, 0.717) is 5.91 Å². The molecule has 6 heteroatoms. The summed E-state index contributed by atoms with van der Waals surface area (Å²) in [4.78, 5) is 26.8. The molecule has 4 rings (SSSR count). The lowest BCUT2D eigenvalue weighted by Gasteiger charge is -2.38. The fraction of sp³-hybridized carbons (Fsp3) is 0.560. The van der Waals surface area contributed by atoms with E-state index in [-0.39, 0.29) is 5.92 Å². The molecule has 0 N–H and O–H groups in total. The predicted molar refractivity (Wildman–Crippen MR) is 123 cm³/mol. The zero-order valence-electron chi connectivity index (χ0n) is 19.1. The number of rotatable bonds is 5. The number of nitrogens with zero attached hydrogens (tertiary/aromatic N) is 4. The van der Waals surface area contributed by atoms with Crippen molar-refractivity contribution in [2.45, 2.75) is 52.4 Å². The van der Waals surface area contributed by atoms with E-state index in [0.717, 1.165) is 74.1 Å². The van der Waals surface area contributed by atoms with Gasteiger partial charge in [0, 0.05) is 49.8 Å². The molecule has 1 saturated heterocycles. The second-order valence-corrected chi connectivity index (χ2v) is 8.83. The Labute approximate surface area is 185 Å². The third-order valence-electron chi connectivity index (χ3n) is 6.66. The van der Waals surface area contributed by atoms with E-state index in [9.17, 15) is 4.79 Å². The highest BCUT2D eigenvalue weighted by Crippen LogP contribution is 2.28. The molecule has 2 aromatic rings. The van der Waals surface area contributed by atoms with Crippen molar-refractivity contribution in [3.63, 3.8) is 0 Å². The summed E-state index contributed by atoms with van der Waals surface area (Å²) in [7, 11) is 1.69. The number of methoxy groups -OCH3 is 1. The number of aryl methyl sites for hydroxylation is 2. The molecule has 0 unspecified atom stereocenters. The van der Waals surface area contributed by atoms with Gasteiger partial charge in [0.25, 0.3) is 0 Å². The van der Waals surface area contributed by atoms with Crippen LogP contribution in [0, 0.1) is 19.8 Å². The number of carbonyl (C=O) groups excluding carboxylic acids is 1. The largest absolute Gasteiger partial charge is 0.497 e. The Kier molecular flexibility index (Phi) is 6.73. The number of ether oxygens (including phenoxy) is 1. The first-order valence-electron chi connectivity index (χ1n) is 11.6. The van der Waals surface area contributed by atoms with E-state index >= 15 is 0 Å². The van der Waals surface area contributed by atoms with Crippen LogP contribution in [0.15, 0.2) is 24.3 Å². The van der Waals surface area contributed by atoms with Crippen molar-refractivity contribution in [2.75, 3.05) is 38.2 Å². The monoisotopic (exact) mass is 422 g/mol. The van der Waals surface area contributed by atoms with E-state index in [4.69, 9.17) is 9.72 Å². The van der Waals surface area contributed by atoms with Crippen molar-refractivity contribution in [2.24, 2.45) is 5.92 Å². The summed E-state index contributed by atoms with van der Waals surface area (Å²) in [6, 6.07) is 8.18. The van der Waals surface area contributed by atoms with Gasteiger partial charge in [-0.15, -0.1) is 0 Å². The normalized spacial score (nSPS) is 17.6. The standard InChI is InChI=1S/C25H34N4O2/c1-18-23(17-20-8-7-11-22(16-20)31-3)24(27-19(2)26-18)28-12-14-29(15-13-28)25(30)21-9-5-4-6-10-21/h7-8,11,16,21H,4-6,9-10,12-15,17H2,1-3H3. The predicted octanol–water partition coefficient (Wildman–Crippen LogP) is 3.92. The highest BCUT2D eigenvalue weighted by molar-refractivity contribution is 5.79. The molecule has 1 aromatic carbocycles. The molecular formula is C25H34N4O2. The minimum Gasteiger partial charge on any atom is -0.497 e. The number of hydrogen-bond acceptors (Lipinski definition) is 5. The number of piperazine rings is 1. The molecule has 166 valence electrons. The summed E-state index contributed by atoms with van der Waals surface area (Å²) < 4.78 is 5.39. The zero-order chi connectivity index (χ0) is 21.8. The van der Waals surface area contributed by atoms with E-state index in [1.165, 1.54) is 24.8 Å². The Morgan fingerprint density at radius 3 is 2.52 bits per heavy atom. The maximum absolute atomic E-state index is 12.9. The third kappa shape index (κ3) is 5.00. The molecule has 2 heterocycles. The Hall–Kier alpha value is -2.63. The van der Waals surface area contributed by atoms with Crippen molar-refractivity contribution >= 4 is 11.7 Å². The molecule has 1 amide bonds. The summed E-state index contributed by atoms with van der Waals surface area (Å²) in [5.74, 6) is 3.28. The van der Waals surface area contributed by atoms with Crippen molar-refractivity contribution in [3.05, 3.63) is 46.9 Å². The van der Waals surface area contributed by atoms with Crippen LogP contribution in [0.5, 0.6) is 5.75 Å². The van der Waals surface area contributed by atoms with E-state index in [2.05, 4.69) is 33.8 Å². The fourth-order valence-electron chi connectivity index (χ4n) is 4.92. The van der Waals surface area contributed by atoms with Crippen LogP contribution in [0.2, 0.25) is 0 Å². The van der Waals surface area contributed by atoms with Crippen LogP contribution in [0.1, 0.15) is 54.7 Å². The molecule has 1 aromatic heterocycles. The van der Waals surface area contributed by atoms with Crippen molar-refractivity contribution in [1.82, 2.24) is 14.9 Å². The maximum atomic E-state index is 12.9. The summed E-state index contributed by atoms with van der Waals surface area (Å²) in [5, 5.41) is 0. The molecule has 0 atom stereocenters. The minimum absolute atomic E-state index is 0.243. The molecule has 0 spiro atoms. The first kappa shape index (κ1) is 21.6. The summed E-state index contributed by atoms with van der Waals surface area (Å²) >= 11 is 0. The highest BCUT2D eigenvalue weighted by atomic mass is 16.5. The molecule has 1 aliphatic carbocycles. The van der Waals surface area contributed by atoms with Gasteiger partial charge in [-0.3, -0.25) is 4.79 Å². The van der Waals surface area contributed by atoms with Crippen LogP contribution in [0.3, 0.4) is 0 Å². The van der Waals surface area contributed by atoms with Gasteiger partial charge in [0.2, 0.25) is 5.91 Å². The number of benzene rings is 1. The summed E-state index contributed by atoms with van der Waals surface area (Å²) in [5.41, 5.74) is 3.36. The van der Waals surface area contributed by atoms with Gasteiger partial charge >= 0.3 is 0 Å². The molecule has 1 aliphatic heterocycles. The van der Waals surface area contributed by atoms with Gasteiger partial charge in [-0.2, -0.15) is 0 Å². The molecule has 31 heavy (non-hydrogen) atoms. The molecular weight excluding hydrogens is 388 g/mol. The summed E-state index contributed by atoms with van der Waals surface area (Å²) in [6.45, 7) is 7.20. The quantitative estimate of drug-likeness (QED) is 0.731. The smallest absolute Gasteiger partial charge is 0.225 e. The average molecular weight is 423 g/mol. The van der Waals surface area contributed by atoms with Crippen LogP contribution in [-0.2, 0) is 11.2 Å². The molecule has 2 aliphatic rings.